The van der Waals surface area contributed by atoms with Crippen molar-refractivity contribution in [2.24, 2.45) is 0 Å². The quantitative estimate of drug-likeness (QED) is 0.597. The van der Waals surface area contributed by atoms with Crippen LogP contribution in [0.2, 0.25) is 0 Å². The number of nitrogens with one attached hydrogen (secondary N) is 1. The van der Waals surface area contributed by atoms with Crippen LogP contribution in [0, 0.1) is 13.8 Å². The molecule has 3 aromatic rings. The molecule has 4 rings (SSSR count). The van der Waals surface area contributed by atoms with Gasteiger partial charge in [0.2, 0.25) is 5.91 Å². The zero-order chi connectivity index (χ0) is 21.6. The third-order valence-corrected chi connectivity index (χ3v) is 6.29. The Bertz CT molecular complexity index is 1030. The highest BCUT2D eigenvalue weighted by atomic mass is 16.1. The second-order valence-corrected chi connectivity index (χ2v) is 8.36. The maximum Gasteiger partial charge on any atom is 0.224 e. The first-order valence-corrected chi connectivity index (χ1v) is 11.3. The number of carbonyl (C=O) groups is 1. The molecule has 5 heteroatoms. The van der Waals surface area contributed by atoms with E-state index in [1.165, 1.54) is 5.69 Å². The number of benzene rings is 2. The number of hydrogen-bond donors (Lipinski definition) is 1. The zero-order valence-electron chi connectivity index (χ0n) is 18.6. The molecule has 0 spiro atoms. The minimum Gasteiger partial charge on any atom is -0.369 e. The van der Waals surface area contributed by atoms with Crippen molar-refractivity contribution >= 4 is 22.5 Å². The molecule has 1 aromatic heterocycles. The van der Waals surface area contributed by atoms with E-state index in [9.17, 15) is 4.79 Å². The molecule has 2 aromatic carbocycles. The van der Waals surface area contributed by atoms with Gasteiger partial charge in [-0.15, -0.1) is 0 Å². The lowest BCUT2D eigenvalue weighted by Crippen LogP contribution is -2.47. The molecule has 2 heterocycles. The second kappa shape index (κ2) is 9.92. The summed E-state index contributed by atoms with van der Waals surface area (Å²) in [5.41, 5.74) is 5.46. The molecule has 31 heavy (non-hydrogen) atoms. The highest BCUT2D eigenvalue weighted by molar-refractivity contribution is 5.86. The number of carbonyl (C=O) groups excluding carboxylic acids is 1. The third kappa shape index (κ3) is 5.23. The summed E-state index contributed by atoms with van der Waals surface area (Å²) in [5, 5.41) is 4.23. The Hall–Kier alpha value is -2.92. The van der Waals surface area contributed by atoms with Crippen LogP contribution < -0.4 is 10.2 Å². The third-order valence-electron chi connectivity index (χ3n) is 6.29. The Labute approximate surface area is 185 Å². The molecule has 0 aliphatic carbocycles. The average Bonchev–Trinajstić information content (AvgIpc) is 2.80. The molecule has 162 valence electrons. The molecule has 1 aliphatic rings. The van der Waals surface area contributed by atoms with Crippen LogP contribution in [-0.4, -0.2) is 55.1 Å². The maximum atomic E-state index is 12.5. The van der Waals surface area contributed by atoms with Crippen molar-refractivity contribution in [2.75, 3.05) is 44.2 Å². The minimum atomic E-state index is 0.0807. The Morgan fingerprint density at radius 1 is 0.968 bits per heavy atom. The molecule has 1 amide bonds. The van der Waals surface area contributed by atoms with Crippen LogP contribution in [0.25, 0.3) is 10.9 Å². The van der Waals surface area contributed by atoms with E-state index in [1.54, 1.807) is 0 Å². The lowest BCUT2D eigenvalue weighted by Gasteiger charge is -2.36. The number of pyridine rings is 1. The fourth-order valence-electron chi connectivity index (χ4n) is 4.45. The molecule has 1 saturated heterocycles. The van der Waals surface area contributed by atoms with Gasteiger partial charge in [0.1, 0.15) is 0 Å². The number of fused-ring (bicyclic) bond motifs is 1. The van der Waals surface area contributed by atoms with Crippen molar-refractivity contribution < 1.29 is 4.79 Å². The zero-order valence-corrected chi connectivity index (χ0v) is 18.6. The van der Waals surface area contributed by atoms with E-state index in [2.05, 4.69) is 63.4 Å². The number of amides is 1. The van der Waals surface area contributed by atoms with E-state index in [-0.39, 0.29) is 5.91 Å². The Balaban J connectivity index is 1.21. The van der Waals surface area contributed by atoms with Crippen molar-refractivity contribution in [3.05, 3.63) is 71.4 Å². The molecule has 1 N–H and O–H groups in total. The van der Waals surface area contributed by atoms with Gasteiger partial charge in [-0.1, -0.05) is 36.4 Å². The Morgan fingerprint density at radius 2 is 1.68 bits per heavy atom. The first-order valence-electron chi connectivity index (χ1n) is 11.3. The van der Waals surface area contributed by atoms with Gasteiger partial charge in [0.25, 0.3) is 0 Å². The molecule has 0 saturated carbocycles. The van der Waals surface area contributed by atoms with Crippen molar-refractivity contribution in [3.8, 4) is 0 Å². The van der Waals surface area contributed by atoms with Crippen molar-refractivity contribution in [2.45, 2.75) is 26.7 Å². The van der Waals surface area contributed by atoms with Crippen molar-refractivity contribution in [1.29, 1.82) is 0 Å². The lowest BCUT2D eigenvalue weighted by atomic mass is 9.99. The van der Waals surface area contributed by atoms with E-state index >= 15 is 0 Å². The van der Waals surface area contributed by atoms with E-state index in [0.717, 1.165) is 73.4 Å². The van der Waals surface area contributed by atoms with Crippen LogP contribution in [0.4, 0.5) is 5.69 Å². The van der Waals surface area contributed by atoms with Gasteiger partial charge in [-0.05, 0) is 56.1 Å². The summed E-state index contributed by atoms with van der Waals surface area (Å²) >= 11 is 0. The maximum absolute atomic E-state index is 12.5. The second-order valence-electron chi connectivity index (χ2n) is 8.36. The topological polar surface area (TPSA) is 48.5 Å². The number of aryl methyl sites for hydroxylation is 2. The SMILES string of the molecule is Cc1nc2ccccc2c(C)c1CC(=O)NCCCN1CCN(c2ccccc2)CC1. The van der Waals surface area contributed by atoms with Crippen LogP contribution in [0.3, 0.4) is 0 Å². The number of rotatable bonds is 7. The smallest absolute Gasteiger partial charge is 0.224 e. The van der Waals surface area contributed by atoms with Gasteiger partial charge in [0, 0.05) is 49.5 Å². The highest BCUT2D eigenvalue weighted by Crippen LogP contribution is 2.23. The fraction of sp³-hybridized carbons (Fsp3) is 0.385. The summed E-state index contributed by atoms with van der Waals surface area (Å²) in [6.45, 7) is 10.1. The number of piperazine rings is 1. The molecule has 0 atom stereocenters. The largest absolute Gasteiger partial charge is 0.369 e. The van der Waals surface area contributed by atoms with Gasteiger partial charge in [0.05, 0.1) is 11.9 Å². The van der Waals surface area contributed by atoms with E-state index in [0.29, 0.717) is 6.42 Å². The first-order chi connectivity index (χ1) is 15.1. The standard InChI is InChI=1S/C26H32N4O/c1-20-23-11-6-7-12-25(23)28-21(2)24(20)19-26(31)27-13-8-14-29-15-17-30(18-16-29)22-9-4-3-5-10-22/h3-7,9-12H,8,13-19H2,1-2H3,(H,27,31). The van der Waals surface area contributed by atoms with Crippen LogP contribution >= 0.6 is 0 Å². The summed E-state index contributed by atoms with van der Waals surface area (Å²) < 4.78 is 0. The molecule has 1 fully saturated rings. The fourth-order valence-corrected chi connectivity index (χ4v) is 4.45. The normalized spacial score (nSPS) is 14.7. The Kier molecular flexibility index (Phi) is 6.82. The molecule has 0 unspecified atom stereocenters. The molecule has 0 bridgehead atoms. The van der Waals surface area contributed by atoms with Crippen molar-refractivity contribution in [3.63, 3.8) is 0 Å². The van der Waals surface area contributed by atoms with Gasteiger partial charge >= 0.3 is 0 Å². The number of hydrogen-bond acceptors (Lipinski definition) is 4. The summed E-state index contributed by atoms with van der Waals surface area (Å²) in [4.78, 5) is 22.2. The summed E-state index contributed by atoms with van der Waals surface area (Å²) in [6, 6.07) is 18.8. The lowest BCUT2D eigenvalue weighted by molar-refractivity contribution is -0.120. The molecular weight excluding hydrogens is 384 g/mol. The number of para-hydroxylation sites is 2. The predicted molar refractivity (Wildman–Crippen MR) is 128 cm³/mol. The average molecular weight is 417 g/mol. The highest BCUT2D eigenvalue weighted by Gasteiger charge is 2.17. The number of aromatic nitrogens is 1. The first kappa shape index (κ1) is 21.3. The van der Waals surface area contributed by atoms with Gasteiger partial charge in [-0.2, -0.15) is 0 Å². The van der Waals surface area contributed by atoms with E-state index in [1.807, 2.05) is 25.1 Å². The monoisotopic (exact) mass is 416 g/mol. The summed E-state index contributed by atoms with van der Waals surface area (Å²) in [5.74, 6) is 0.0807. The molecule has 5 nitrogen and oxygen atoms in total. The molecular formula is C26H32N4O. The van der Waals surface area contributed by atoms with Gasteiger partial charge in [0.15, 0.2) is 0 Å². The van der Waals surface area contributed by atoms with Crippen LogP contribution in [0.5, 0.6) is 0 Å². The number of nitrogens with zero attached hydrogens (tertiary/aromatic N) is 3. The van der Waals surface area contributed by atoms with Gasteiger partial charge < -0.3 is 10.2 Å². The van der Waals surface area contributed by atoms with E-state index in [4.69, 9.17) is 0 Å². The predicted octanol–water partition coefficient (Wildman–Crippen LogP) is 3.72. The summed E-state index contributed by atoms with van der Waals surface area (Å²) in [7, 11) is 0. The minimum absolute atomic E-state index is 0.0807. The van der Waals surface area contributed by atoms with Crippen LogP contribution in [0.15, 0.2) is 54.6 Å². The summed E-state index contributed by atoms with van der Waals surface area (Å²) in [6.07, 6.45) is 1.37. The van der Waals surface area contributed by atoms with E-state index < -0.39 is 0 Å². The number of anilines is 1. The van der Waals surface area contributed by atoms with Gasteiger partial charge in [-0.3, -0.25) is 14.7 Å². The van der Waals surface area contributed by atoms with Crippen molar-refractivity contribution in [1.82, 2.24) is 15.2 Å². The molecule has 1 aliphatic heterocycles. The van der Waals surface area contributed by atoms with Crippen LogP contribution in [0.1, 0.15) is 23.2 Å². The molecule has 0 radical (unpaired) electrons. The van der Waals surface area contributed by atoms with Gasteiger partial charge in [-0.25, -0.2) is 0 Å². The van der Waals surface area contributed by atoms with Crippen LogP contribution in [-0.2, 0) is 11.2 Å². The Morgan fingerprint density at radius 3 is 2.45 bits per heavy atom.